The van der Waals surface area contributed by atoms with Crippen LogP contribution in [-0.4, -0.2) is 16.1 Å². The SMILES string of the molecule is CCc1c(C(F)F)cnc(C(F)(F)F)c1C(=O)O. The molecular weight excluding hydrogens is 261 g/mol. The predicted octanol–water partition coefficient (Wildman–Crippen LogP) is 3.30. The molecular formula is C10H8F5NO2. The van der Waals surface area contributed by atoms with Crippen LogP contribution in [-0.2, 0) is 12.6 Å². The number of carbonyl (C=O) groups is 1. The quantitative estimate of drug-likeness (QED) is 0.856. The Morgan fingerprint density at radius 3 is 2.33 bits per heavy atom. The van der Waals surface area contributed by atoms with Crippen LogP contribution in [0.4, 0.5) is 22.0 Å². The summed E-state index contributed by atoms with van der Waals surface area (Å²) in [5.74, 6) is -1.92. The molecule has 0 saturated heterocycles. The van der Waals surface area contributed by atoms with Crippen LogP contribution in [0.5, 0.6) is 0 Å². The number of carboxylic acids is 1. The van der Waals surface area contributed by atoms with Gasteiger partial charge in [-0.1, -0.05) is 6.92 Å². The van der Waals surface area contributed by atoms with Crippen molar-refractivity contribution < 1.29 is 31.9 Å². The van der Waals surface area contributed by atoms with Crippen LogP contribution in [0.1, 0.15) is 40.5 Å². The number of alkyl halides is 5. The molecule has 0 amide bonds. The van der Waals surface area contributed by atoms with E-state index in [2.05, 4.69) is 4.98 Å². The topological polar surface area (TPSA) is 50.2 Å². The van der Waals surface area contributed by atoms with Crippen LogP contribution in [0.2, 0.25) is 0 Å². The second-order valence-electron chi connectivity index (χ2n) is 3.37. The van der Waals surface area contributed by atoms with Crippen LogP contribution in [0.3, 0.4) is 0 Å². The first-order valence-corrected chi connectivity index (χ1v) is 4.80. The summed E-state index contributed by atoms with van der Waals surface area (Å²) >= 11 is 0. The number of hydrogen-bond acceptors (Lipinski definition) is 2. The van der Waals surface area contributed by atoms with Gasteiger partial charge in [0.05, 0.1) is 5.56 Å². The Bertz CT molecular complexity index is 470. The summed E-state index contributed by atoms with van der Waals surface area (Å²) in [4.78, 5) is 13.7. The van der Waals surface area contributed by atoms with E-state index in [0.29, 0.717) is 6.20 Å². The van der Waals surface area contributed by atoms with Gasteiger partial charge in [0.15, 0.2) is 5.69 Å². The summed E-state index contributed by atoms with van der Waals surface area (Å²) in [7, 11) is 0. The highest BCUT2D eigenvalue weighted by Gasteiger charge is 2.39. The van der Waals surface area contributed by atoms with Crippen LogP contribution in [0.25, 0.3) is 0 Å². The normalized spacial score (nSPS) is 11.9. The second-order valence-corrected chi connectivity index (χ2v) is 3.37. The van der Waals surface area contributed by atoms with Crippen molar-refractivity contribution in [3.8, 4) is 0 Å². The first-order chi connectivity index (χ1) is 8.20. The number of rotatable bonds is 3. The molecule has 1 N–H and O–H groups in total. The fourth-order valence-electron chi connectivity index (χ4n) is 1.58. The Balaban J connectivity index is 3.64. The zero-order valence-electron chi connectivity index (χ0n) is 9.05. The van der Waals surface area contributed by atoms with Gasteiger partial charge in [-0.25, -0.2) is 13.6 Å². The lowest BCUT2D eigenvalue weighted by Crippen LogP contribution is -2.19. The van der Waals surface area contributed by atoms with E-state index in [9.17, 15) is 26.7 Å². The fraction of sp³-hybridized carbons (Fsp3) is 0.400. The van der Waals surface area contributed by atoms with Gasteiger partial charge >= 0.3 is 12.1 Å². The molecule has 1 rings (SSSR count). The molecule has 1 heterocycles. The Kier molecular flexibility index (Phi) is 3.88. The number of carboxylic acid groups (broad SMARTS) is 1. The Morgan fingerprint density at radius 2 is 2.00 bits per heavy atom. The molecule has 0 saturated carbocycles. The van der Waals surface area contributed by atoms with Gasteiger partial charge in [-0.3, -0.25) is 4.98 Å². The molecule has 100 valence electrons. The molecule has 0 aromatic carbocycles. The highest BCUT2D eigenvalue weighted by molar-refractivity contribution is 5.91. The molecule has 3 nitrogen and oxygen atoms in total. The maximum Gasteiger partial charge on any atom is 0.434 e. The van der Waals surface area contributed by atoms with E-state index in [4.69, 9.17) is 5.11 Å². The summed E-state index contributed by atoms with van der Waals surface area (Å²) in [5.41, 5.74) is -4.19. The molecule has 0 aliphatic carbocycles. The molecule has 0 aliphatic heterocycles. The Labute approximate surface area is 98.3 Å². The van der Waals surface area contributed by atoms with Crippen LogP contribution in [0.15, 0.2) is 6.20 Å². The van der Waals surface area contributed by atoms with Gasteiger partial charge in [-0.05, 0) is 12.0 Å². The van der Waals surface area contributed by atoms with E-state index in [1.807, 2.05) is 0 Å². The zero-order valence-corrected chi connectivity index (χ0v) is 9.05. The lowest BCUT2D eigenvalue weighted by Gasteiger charge is -2.15. The molecule has 1 aromatic rings. The van der Waals surface area contributed by atoms with Crippen molar-refractivity contribution in [2.45, 2.75) is 25.9 Å². The van der Waals surface area contributed by atoms with Gasteiger partial charge in [0, 0.05) is 11.8 Å². The largest absolute Gasteiger partial charge is 0.478 e. The lowest BCUT2D eigenvalue weighted by atomic mass is 9.98. The molecule has 0 aliphatic rings. The van der Waals surface area contributed by atoms with Gasteiger partial charge in [0.25, 0.3) is 6.43 Å². The van der Waals surface area contributed by atoms with Gasteiger partial charge in [0.2, 0.25) is 0 Å². The summed E-state index contributed by atoms with van der Waals surface area (Å²) in [5, 5.41) is 8.76. The minimum Gasteiger partial charge on any atom is -0.478 e. The lowest BCUT2D eigenvalue weighted by molar-refractivity contribution is -0.141. The van der Waals surface area contributed by atoms with Crippen molar-refractivity contribution in [1.29, 1.82) is 0 Å². The molecule has 0 spiro atoms. The smallest absolute Gasteiger partial charge is 0.434 e. The number of nitrogens with zero attached hydrogens (tertiary/aromatic N) is 1. The van der Waals surface area contributed by atoms with Crippen LogP contribution in [0, 0.1) is 0 Å². The molecule has 1 aromatic heterocycles. The van der Waals surface area contributed by atoms with Crippen LogP contribution < -0.4 is 0 Å². The second kappa shape index (κ2) is 4.87. The first-order valence-electron chi connectivity index (χ1n) is 4.80. The average molecular weight is 269 g/mol. The van der Waals surface area contributed by atoms with Crippen LogP contribution >= 0.6 is 0 Å². The maximum absolute atomic E-state index is 12.6. The number of pyridine rings is 1. The van der Waals surface area contributed by atoms with Gasteiger partial charge < -0.3 is 5.11 Å². The summed E-state index contributed by atoms with van der Waals surface area (Å²) in [6.45, 7) is 1.30. The van der Waals surface area contributed by atoms with Gasteiger partial charge in [-0.15, -0.1) is 0 Å². The monoisotopic (exact) mass is 269 g/mol. The van der Waals surface area contributed by atoms with Crippen molar-refractivity contribution in [3.63, 3.8) is 0 Å². The van der Waals surface area contributed by atoms with Gasteiger partial charge in [-0.2, -0.15) is 13.2 Å². The van der Waals surface area contributed by atoms with Crippen molar-refractivity contribution in [2.75, 3.05) is 0 Å². The third-order valence-corrected chi connectivity index (χ3v) is 2.29. The van der Waals surface area contributed by atoms with Gasteiger partial charge in [0.1, 0.15) is 0 Å². The molecule has 0 unspecified atom stereocenters. The highest BCUT2D eigenvalue weighted by atomic mass is 19.4. The predicted molar refractivity (Wildman–Crippen MR) is 50.5 cm³/mol. The van der Waals surface area contributed by atoms with Crippen molar-refractivity contribution in [3.05, 3.63) is 28.6 Å². The first kappa shape index (κ1) is 14.3. The maximum atomic E-state index is 12.6. The molecule has 0 fully saturated rings. The number of aromatic nitrogens is 1. The molecule has 8 heteroatoms. The number of aromatic carboxylic acids is 1. The third kappa shape index (κ3) is 2.57. The average Bonchev–Trinajstić information content (AvgIpc) is 2.25. The highest BCUT2D eigenvalue weighted by Crippen LogP contribution is 2.35. The standard InChI is InChI=1S/C10H8F5NO2/c1-2-4-5(8(11)12)3-16-7(10(13,14)15)6(4)9(17)18/h3,8H,2H2,1H3,(H,17,18). The van der Waals surface area contributed by atoms with E-state index in [1.165, 1.54) is 6.92 Å². The van der Waals surface area contributed by atoms with Crippen molar-refractivity contribution >= 4 is 5.97 Å². The molecule has 18 heavy (non-hydrogen) atoms. The van der Waals surface area contributed by atoms with E-state index in [0.717, 1.165) is 0 Å². The summed E-state index contributed by atoms with van der Waals surface area (Å²) in [6, 6.07) is 0. The minimum absolute atomic E-state index is 0.257. The van der Waals surface area contributed by atoms with E-state index >= 15 is 0 Å². The Morgan fingerprint density at radius 1 is 1.44 bits per heavy atom. The van der Waals surface area contributed by atoms with E-state index in [-0.39, 0.29) is 6.42 Å². The van der Waals surface area contributed by atoms with Crippen molar-refractivity contribution in [1.82, 2.24) is 4.98 Å². The molecule has 0 atom stereocenters. The summed E-state index contributed by atoms with van der Waals surface area (Å²) in [6.07, 6.45) is -7.96. The van der Waals surface area contributed by atoms with Crippen molar-refractivity contribution in [2.24, 2.45) is 0 Å². The summed E-state index contributed by atoms with van der Waals surface area (Å²) < 4.78 is 62.8. The molecule has 0 radical (unpaired) electrons. The van der Waals surface area contributed by atoms with E-state index in [1.54, 1.807) is 0 Å². The van der Waals surface area contributed by atoms with E-state index < -0.39 is 41.0 Å². The number of hydrogen-bond donors (Lipinski definition) is 1. The zero-order chi connectivity index (χ0) is 14.1. The third-order valence-electron chi connectivity index (χ3n) is 2.29. The fourth-order valence-corrected chi connectivity index (χ4v) is 1.58. The number of halogens is 5. The Hall–Kier alpha value is -1.73. The minimum atomic E-state index is -5.00. The molecule has 0 bridgehead atoms.